The summed E-state index contributed by atoms with van der Waals surface area (Å²) in [5.74, 6) is 0. The predicted molar refractivity (Wildman–Crippen MR) is 57.7 cm³/mol. The molecule has 1 heterocycles. The van der Waals surface area contributed by atoms with Gasteiger partial charge >= 0.3 is 0 Å². The van der Waals surface area contributed by atoms with Crippen molar-refractivity contribution in [3.05, 3.63) is 0 Å². The van der Waals surface area contributed by atoms with Crippen LogP contribution in [0.15, 0.2) is 0 Å². The molecular weight excluding hydrogens is 192 g/mol. The summed E-state index contributed by atoms with van der Waals surface area (Å²) in [5.41, 5.74) is -0.651. The zero-order valence-electron chi connectivity index (χ0n) is 11.1. The predicted octanol–water partition coefficient (Wildman–Crippen LogP) is 1.73. The number of hydrogen-bond acceptors (Lipinski definition) is 3. The van der Waals surface area contributed by atoms with E-state index in [0.29, 0.717) is 0 Å². The van der Waals surface area contributed by atoms with E-state index in [9.17, 15) is 0 Å². The lowest BCUT2D eigenvalue weighted by Gasteiger charge is -2.44. The average molecular weight is 216 g/mol. The zero-order valence-corrected chi connectivity index (χ0v) is 10.1. The molecule has 1 aliphatic heterocycles. The van der Waals surface area contributed by atoms with Crippen molar-refractivity contribution < 1.29 is 14.6 Å². The lowest BCUT2D eigenvalue weighted by atomic mass is 9.65. The summed E-state index contributed by atoms with van der Waals surface area (Å²) in [6.45, 7) is 6.32. The van der Waals surface area contributed by atoms with Crippen LogP contribution >= 0.6 is 0 Å². The van der Waals surface area contributed by atoms with Gasteiger partial charge in [0.25, 0.3) is 0 Å². The molecule has 1 unspecified atom stereocenters. The Morgan fingerprint density at radius 3 is 2.87 bits per heavy atom. The van der Waals surface area contributed by atoms with Crippen LogP contribution in [0.25, 0.3) is 0 Å². The van der Waals surface area contributed by atoms with Gasteiger partial charge in [0, 0.05) is 12.5 Å². The van der Waals surface area contributed by atoms with Crippen molar-refractivity contribution in [2.75, 3.05) is 7.11 Å². The second-order valence-corrected chi connectivity index (χ2v) is 5.48. The monoisotopic (exact) mass is 216 g/mol. The van der Waals surface area contributed by atoms with Gasteiger partial charge in [0.15, 0.2) is 0 Å². The topological polar surface area (TPSA) is 38.7 Å². The number of fused-ring (bicyclic) bond motifs is 1. The summed E-state index contributed by atoms with van der Waals surface area (Å²) in [7, 11) is 1.71. The molecule has 0 amide bonds. The molecule has 4 atom stereocenters. The molecule has 3 nitrogen and oxygen atoms in total. The molecule has 2 fully saturated rings. The number of ether oxygens (including phenoxy) is 2. The smallest absolute Gasteiger partial charge is 0.211 e. The van der Waals surface area contributed by atoms with Gasteiger partial charge in [0.2, 0.25) is 1.43 Å². The van der Waals surface area contributed by atoms with E-state index in [4.69, 9.17) is 16.0 Å². The van der Waals surface area contributed by atoms with E-state index in [0.717, 1.165) is 19.3 Å². The average Bonchev–Trinajstić information content (AvgIpc) is 2.48. The van der Waals surface area contributed by atoms with Gasteiger partial charge in [0.1, 0.15) is 11.7 Å². The van der Waals surface area contributed by atoms with E-state index < -0.39 is 5.60 Å². The summed E-state index contributed by atoms with van der Waals surface area (Å²) >= 11 is 0. The molecular formula is C12H22O3. The van der Waals surface area contributed by atoms with Gasteiger partial charge in [-0.2, -0.15) is 0 Å². The zero-order chi connectivity index (χ0) is 12.0. The van der Waals surface area contributed by atoms with Crippen LogP contribution < -0.4 is 0 Å². The molecule has 0 bridgehead atoms. The molecule has 2 aliphatic rings. The molecule has 1 aliphatic carbocycles. The SMILES string of the molecule is [3H]O[C@@]12CCC[C@@H](OC)[C@@H]1OC(C)C2(C)C. The van der Waals surface area contributed by atoms with Gasteiger partial charge in [-0.3, -0.25) is 0 Å². The minimum absolute atomic E-state index is 0.0586. The summed E-state index contributed by atoms with van der Waals surface area (Å²) < 4.78 is 19.0. The minimum atomic E-state index is -0.509. The van der Waals surface area contributed by atoms with Crippen LogP contribution in [0, 0.1) is 5.41 Å². The number of rotatable bonds is 2. The van der Waals surface area contributed by atoms with E-state index in [1.807, 2.05) is 0 Å². The maximum absolute atomic E-state index is 7.49. The standard InChI is InChI=1S/C12H22O3/c1-8-11(2,3)12(13)7-5-6-9(14-4)10(12)15-8/h8-10,13H,5-7H2,1-4H3/t8?,9-,10+,12+/m1/s1/i13T. The Hall–Kier alpha value is -0.120. The van der Waals surface area contributed by atoms with Crippen LogP contribution in [-0.4, -0.2) is 37.6 Å². The molecule has 0 aromatic heterocycles. The quantitative estimate of drug-likeness (QED) is 0.764. The van der Waals surface area contributed by atoms with Crippen LogP contribution in [-0.2, 0) is 9.47 Å². The summed E-state index contributed by atoms with van der Waals surface area (Å²) in [6, 6.07) is 0. The molecule has 1 saturated carbocycles. The van der Waals surface area contributed by atoms with E-state index in [1.54, 1.807) is 7.11 Å². The fourth-order valence-electron chi connectivity index (χ4n) is 3.02. The largest absolute Gasteiger partial charge is 0.386 e. The fourth-order valence-corrected chi connectivity index (χ4v) is 3.02. The minimum Gasteiger partial charge on any atom is -0.386 e. The van der Waals surface area contributed by atoms with E-state index in [2.05, 4.69) is 20.8 Å². The van der Waals surface area contributed by atoms with E-state index in [1.165, 1.54) is 0 Å². The van der Waals surface area contributed by atoms with Gasteiger partial charge in [0.05, 0.1) is 12.2 Å². The normalized spacial score (nSPS) is 49.9. The first-order valence-electron chi connectivity index (χ1n) is 6.23. The van der Waals surface area contributed by atoms with Gasteiger partial charge in [-0.1, -0.05) is 13.8 Å². The molecule has 88 valence electrons. The van der Waals surface area contributed by atoms with Crippen molar-refractivity contribution in [3.63, 3.8) is 0 Å². The summed E-state index contributed by atoms with van der Waals surface area (Å²) in [4.78, 5) is 0. The molecule has 1 saturated heterocycles. The molecule has 3 heteroatoms. The lowest BCUT2D eigenvalue weighted by molar-refractivity contribution is -0.153. The molecule has 0 spiro atoms. The van der Waals surface area contributed by atoms with Crippen LogP contribution in [0.1, 0.15) is 40.0 Å². The summed E-state index contributed by atoms with van der Waals surface area (Å²) in [5, 5.41) is 5.17. The fraction of sp³-hybridized carbons (Fsp3) is 1.00. The third-order valence-corrected chi connectivity index (χ3v) is 4.59. The first-order chi connectivity index (χ1) is 7.49. The third-order valence-electron chi connectivity index (χ3n) is 4.59. The Kier molecular flexibility index (Phi) is 2.31. The molecule has 2 rings (SSSR count). The van der Waals surface area contributed by atoms with Crippen molar-refractivity contribution in [2.45, 2.75) is 63.9 Å². The van der Waals surface area contributed by atoms with Gasteiger partial charge < -0.3 is 14.6 Å². The first kappa shape index (κ1) is 10.1. The van der Waals surface area contributed by atoms with Crippen LogP contribution in [0.2, 0.25) is 0 Å². The Balaban J connectivity index is 2.37. The lowest BCUT2D eigenvalue weighted by Crippen LogP contribution is -2.56. The van der Waals surface area contributed by atoms with Crippen molar-refractivity contribution >= 4 is 0 Å². The second-order valence-electron chi connectivity index (χ2n) is 5.48. The highest BCUT2D eigenvalue weighted by atomic mass is 16.6. The number of aliphatic hydroxyl groups is 1. The van der Waals surface area contributed by atoms with Gasteiger partial charge in [-0.15, -0.1) is 0 Å². The number of hydrogen-bond donors (Lipinski definition) is 1. The number of methoxy groups -OCH3 is 1. The summed E-state index contributed by atoms with van der Waals surface area (Å²) in [6.07, 6.45) is 2.97. The van der Waals surface area contributed by atoms with Gasteiger partial charge in [-0.05, 0) is 26.2 Å². The Morgan fingerprint density at radius 1 is 1.53 bits per heavy atom. The molecule has 1 N–H and O–H groups in total. The Bertz CT molecular complexity index is 269. The molecule has 0 aromatic carbocycles. The van der Waals surface area contributed by atoms with Crippen molar-refractivity contribution in [1.82, 2.24) is 0 Å². The van der Waals surface area contributed by atoms with E-state index in [-0.39, 0.29) is 23.7 Å². The highest BCUT2D eigenvalue weighted by molar-refractivity contribution is 5.11. The van der Waals surface area contributed by atoms with Crippen molar-refractivity contribution in [2.24, 2.45) is 5.41 Å². The highest BCUT2D eigenvalue weighted by Crippen LogP contribution is 2.52. The van der Waals surface area contributed by atoms with Gasteiger partial charge in [-0.25, -0.2) is 0 Å². The highest BCUT2D eigenvalue weighted by Gasteiger charge is 2.62. The maximum Gasteiger partial charge on any atom is 0.211 e. The Labute approximate surface area is 93.3 Å². The van der Waals surface area contributed by atoms with Crippen molar-refractivity contribution in [1.29, 1.82) is 1.43 Å². The van der Waals surface area contributed by atoms with Crippen LogP contribution in [0.3, 0.4) is 0 Å². The third kappa shape index (κ3) is 1.37. The molecule has 0 aromatic rings. The first-order valence-corrected chi connectivity index (χ1v) is 5.82. The molecule has 0 radical (unpaired) electrons. The maximum atomic E-state index is 7.49. The second kappa shape index (κ2) is 3.44. The molecule has 15 heavy (non-hydrogen) atoms. The van der Waals surface area contributed by atoms with E-state index >= 15 is 0 Å². The van der Waals surface area contributed by atoms with Crippen molar-refractivity contribution in [3.8, 4) is 0 Å². The van der Waals surface area contributed by atoms with Crippen LogP contribution in [0.4, 0.5) is 0 Å². The Morgan fingerprint density at radius 2 is 2.27 bits per heavy atom. The van der Waals surface area contributed by atoms with Crippen LogP contribution in [0.5, 0.6) is 0 Å².